The minimum absolute atomic E-state index is 0.163. The number of hydrogen-bond acceptors (Lipinski definition) is 8. The second-order valence-corrected chi connectivity index (χ2v) is 6.41. The zero-order chi connectivity index (χ0) is 13.2. The molecule has 0 unspecified atom stereocenters. The molecule has 1 aliphatic rings. The van der Waals surface area contributed by atoms with E-state index in [2.05, 4.69) is 20.5 Å². The van der Waals surface area contributed by atoms with Crippen LogP contribution in [0.5, 0.6) is 0 Å². The Hall–Kier alpha value is -1.61. The zero-order valence-corrected chi connectivity index (χ0v) is 11.5. The summed E-state index contributed by atoms with van der Waals surface area (Å²) >= 11 is 2.72. The van der Waals surface area contributed by atoms with Crippen LogP contribution in [-0.2, 0) is 4.79 Å². The number of hydrogen-bond donors (Lipinski definition) is 2. The first-order valence-corrected chi connectivity index (χ1v) is 7.48. The Bertz CT molecular complexity index is 592. The molecule has 0 radical (unpaired) electrons. The highest BCUT2D eigenvalue weighted by Gasteiger charge is 2.29. The molecule has 1 aliphatic carbocycles. The molecule has 1 saturated carbocycles. The fourth-order valence-electron chi connectivity index (χ4n) is 1.41. The molecule has 0 aliphatic heterocycles. The normalized spacial score (nSPS) is 14.5. The number of rotatable bonds is 5. The van der Waals surface area contributed by atoms with Crippen molar-refractivity contribution in [2.24, 2.45) is 0 Å². The van der Waals surface area contributed by atoms with E-state index in [0.29, 0.717) is 16.9 Å². The molecule has 2 aromatic heterocycles. The molecule has 3 N–H and O–H groups in total. The zero-order valence-electron chi connectivity index (χ0n) is 9.83. The lowest BCUT2D eigenvalue weighted by molar-refractivity contribution is -0.113. The highest BCUT2D eigenvalue weighted by atomic mass is 32.2. The number of thioether (sulfide) groups is 1. The number of carbonyl (C=O) groups excluding carboxylic acids is 1. The fourth-order valence-corrected chi connectivity index (χ4v) is 2.97. The minimum Gasteiger partial charge on any atom is -0.408 e. The molecule has 1 fully saturated rings. The van der Waals surface area contributed by atoms with E-state index < -0.39 is 0 Å². The molecular weight excluding hydrogens is 286 g/mol. The Morgan fingerprint density at radius 2 is 2.42 bits per heavy atom. The standard InChI is InChI=1S/C10H11N5O2S2/c11-9-12-3-7(19-9)18-4-6(16)13-10-15-14-8(17-10)5-1-2-5/h3,5H,1-2,4H2,(H2,11,12)(H,13,15,16). The quantitative estimate of drug-likeness (QED) is 0.809. The SMILES string of the molecule is Nc1ncc(SCC(=O)Nc2nnc(C3CC3)o2)s1. The van der Waals surface area contributed by atoms with Gasteiger partial charge in [-0.2, -0.15) is 0 Å². The molecule has 1 amide bonds. The van der Waals surface area contributed by atoms with Crippen molar-refractivity contribution in [1.82, 2.24) is 15.2 Å². The molecule has 0 atom stereocenters. The van der Waals surface area contributed by atoms with Crippen LogP contribution in [0.1, 0.15) is 24.7 Å². The molecule has 0 saturated heterocycles. The van der Waals surface area contributed by atoms with E-state index in [-0.39, 0.29) is 17.7 Å². The monoisotopic (exact) mass is 297 g/mol. The van der Waals surface area contributed by atoms with Crippen LogP contribution >= 0.6 is 23.1 Å². The van der Waals surface area contributed by atoms with E-state index in [1.807, 2.05) is 0 Å². The number of amides is 1. The van der Waals surface area contributed by atoms with Gasteiger partial charge in [-0.1, -0.05) is 16.4 Å². The van der Waals surface area contributed by atoms with Crippen molar-refractivity contribution in [2.45, 2.75) is 23.0 Å². The molecular formula is C10H11N5O2S2. The van der Waals surface area contributed by atoms with E-state index >= 15 is 0 Å². The van der Waals surface area contributed by atoms with Crippen LogP contribution in [0.25, 0.3) is 0 Å². The third-order valence-corrected chi connectivity index (χ3v) is 4.48. The van der Waals surface area contributed by atoms with Crippen LogP contribution < -0.4 is 11.1 Å². The minimum atomic E-state index is -0.192. The van der Waals surface area contributed by atoms with Crippen molar-refractivity contribution in [3.8, 4) is 0 Å². The van der Waals surface area contributed by atoms with Gasteiger partial charge >= 0.3 is 6.01 Å². The van der Waals surface area contributed by atoms with Crippen molar-refractivity contribution < 1.29 is 9.21 Å². The van der Waals surface area contributed by atoms with Gasteiger partial charge in [0.15, 0.2) is 5.13 Å². The molecule has 3 rings (SSSR count). The third-order valence-electron chi connectivity index (χ3n) is 2.46. The van der Waals surface area contributed by atoms with Crippen LogP contribution in [-0.4, -0.2) is 26.8 Å². The van der Waals surface area contributed by atoms with Crippen LogP contribution in [0.2, 0.25) is 0 Å². The van der Waals surface area contributed by atoms with Gasteiger partial charge in [0.1, 0.15) is 0 Å². The maximum absolute atomic E-state index is 11.7. The summed E-state index contributed by atoms with van der Waals surface area (Å²) in [6.45, 7) is 0. The summed E-state index contributed by atoms with van der Waals surface area (Å²) in [6, 6.07) is 0.163. The Morgan fingerprint density at radius 1 is 1.58 bits per heavy atom. The number of thiazole rings is 1. The Kier molecular flexibility index (Phi) is 3.38. The lowest BCUT2D eigenvalue weighted by atomic mass is 10.4. The van der Waals surface area contributed by atoms with Crippen molar-refractivity contribution in [3.63, 3.8) is 0 Å². The maximum Gasteiger partial charge on any atom is 0.322 e. The molecule has 9 heteroatoms. The maximum atomic E-state index is 11.7. The predicted octanol–water partition coefficient (Wildman–Crippen LogP) is 1.72. The Morgan fingerprint density at radius 3 is 3.11 bits per heavy atom. The third kappa shape index (κ3) is 3.24. The van der Waals surface area contributed by atoms with Gasteiger partial charge in [-0.05, 0) is 12.8 Å². The van der Waals surface area contributed by atoms with Gasteiger partial charge in [0, 0.05) is 5.92 Å². The van der Waals surface area contributed by atoms with E-state index in [1.165, 1.54) is 23.1 Å². The Balaban J connectivity index is 1.49. The van der Waals surface area contributed by atoms with Crippen molar-refractivity contribution >= 4 is 40.2 Å². The second kappa shape index (κ2) is 5.17. The molecule has 0 aromatic carbocycles. The first kappa shape index (κ1) is 12.4. The second-order valence-electron chi connectivity index (χ2n) is 4.07. The number of nitrogen functional groups attached to an aromatic ring is 1. The lowest BCUT2D eigenvalue weighted by Gasteiger charge is -1.98. The van der Waals surface area contributed by atoms with Gasteiger partial charge in [0.2, 0.25) is 11.8 Å². The lowest BCUT2D eigenvalue weighted by Crippen LogP contribution is -2.14. The van der Waals surface area contributed by atoms with Crippen LogP contribution in [0, 0.1) is 0 Å². The molecule has 0 bridgehead atoms. The van der Waals surface area contributed by atoms with Gasteiger partial charge in [0.05, 0.1) is 16.2 Å². The summed E-state index contributed by atoms with van der Waals surface area (Å²) in [6.07, 6.45) is 3.81. The molecule has 2 aromatic rings. The number of nitrogens with zero attached hydrogens (tertiary/aromatic N) is 3. The van der Waals surface area contributed by atoms with Crippen molar-refractivity contribution in [1.29, 1.82) is 0 Å². The van der Waals surface area contributed by atoms with E-state index in [1.54, 1.807) is 6.20 Å². The summed E-state index contributed by atoms with van der Waals surface area (Å²) in [5, 5.41) is 10.7. The number of nitrogens with two attached hydrogens (primary N) is 1. The predicted molar refractivity (Wildman–Crippen MR) is 72.2 cm³/mol. The fraction of sp³-hybridized carbons (Fsp3) is 0.400. The number of nitrogens with one attached hydrogen (secondary N) is 1. The van der Waals surface area contributed by atoms with Crippen molar-refractivity contribution in [3.05, 3.63) is 12.1 Å². The summed E-state index contributed by atoms with van der Waals surface area (Å²) in [7, 11) is 0. The molecule has 100 valence electrons. The van der Waals surface area contributed by atoms with Crippen LogP contribution in [0.4, 0.5) is 11.1 Å². The van der Waals surface area contributed by atoms with Gasteiger partial charge in [-0.15, -0.1) is 16.9 Å². The van der Waals surface area contributed by atoms with Gasteiger partial charge in [-0.25, -0.2) is 4.98 Å². The summed E-state index contributed by atoms with van der Waals surface area (Å²) in [5.41, 5.74) is 5.51. The summed E-state index contributed by atoms with van der Waals surface area (Å²) in [4.78, 5) is 15.6. The molecule has 19 heavy (non-hydrogen) atoms. The summed E-state index contributed by atoms with van der Waals surface area (Å²) < 4.78 is 6.24. The van der Waals surface area contributed by atoms with Crippen LogP contribution in [0.3, 0.4) is 0 Å². The number of aromatic nitrogens is 3. The van der Waals surface area contributed by atoms with E-state index in [0.717, 1.165) is 17.1 Å². The smallest absolute Gasteiger partial charge is 0.322 e. The highest BCUT2D eigenvalue weighted by Crippen LogP contribution is 2.39. The van der Waals surface area contributed by atoms with Gasteiger partial charge in [0.25, 0.3) is 0 Å². The van der Waals surface area contributed by atoms with E-state index in [4.69, 9.17) is 10.2 Å². The number of carbonyl (C=O) groups is 1. The average Bonchev–Trinajstić information content (AvgIpc) is 3.00. The largest absolute Gasteiger partial charge is 0.408 e. The Labute approximate surface area is 117 Å². The van der Waals surface area contributed by atoms with Gasteiger partial charge < -0.3 is 10.2 Å². The average molecular weight is 297 g/mol. The van der Waals surface area contributed by atoms with Crippen LogP contribution in [0.15, 0.2) is 14.8 Å². The molecule has 0 spiro atoms. The highest BCUT2D eigenvalue weighted by molar-refractivity contribution is 8.01. The first-order valence-electron chi connectivity index (χ1n) is 5.68. The topological polar surface area (TPSA) is 107 Å². The van der Waals surface area contributed by atoms with E-state index in [9.17, 15) is 4.79 Å². The first-order chi connectivity index (χ1) is 9.20. The number of anilines is 2. The molecule has 7 nitrogen and oxygen atoms in total. The van der Waals surface area contributed by atoms with Crippen molar-refractivity contribution in [2.75, 3.05) is 16.8 Å². The summed E-state index contributed by atoms with van der Waals surface area (Å²) in [5.74, 6) is 1.05. The van der Waals surface area contributed by atoms with Gasteiger partial charge in [-0.3, -0.25) is 10.1 Å². The molecule has 2 heterocycles.